The minimum Gasteiger partial charge on any atom is -0.329 e. The van der Waals surface area contributed by atoms with Crippen molar-refractivity contribution in [2.24, 2.45) is 0 Å². The van der Waals surface area contributed by atoms with Crippen molar-refractivity contribution in [1.29, 1.82) is 0 Å². The van der Waals surface area contributed by atoms with Crippen LogP contribution in [0.1, 0.15) is 13.3 Å². The fourth-order valence-corrected chi connectivity index (χ4v) is 0.578. The molecule has 0 unspecified atom stereocenters. The Bertz CT molecular complexity index is 86.1. The number of hydrogen-bond donors (Lipinski definition) is 2. The average molecular weight is 98.1 g/mol. The molecule has 1 heterocycles. The van der Waals surface area contributed by atoms with E-state index in [1.165, 1.54) is 12.0 Å². The molecule has 2 heteroatoms. The van der Waals surface area contributed by atoms with E-state index in [1.54, 1.807) is 0 Å². The zero-order valence-electron chi connectivity index (χ0n) is 4.49. The van der Waals surface area contributed by atoms with Crippen molar-refractivity contribution in [2.45, 2.75) is 13.3 Å². The van der Waals surface area contributed by atoms with Crippen LogP contribution >= 0.6 is 0 Å². The molecule has 0 atom stereocenters. The molecule has 0 saturated carbocycles. The maximum atomic E-state index is 2.99. The minimum absolute atomic E-state index is 1.06. The Kier molecular flexibility index (Phi) is 1.32. The van der Waals surface area contributed by atoms with Crippen LogP contribution < -0.4 is 10.9 Å². The first kappa shape index (κ1) is 4.65. The Morgan fingerprint density at radius 3 is 2.86 bits per heavy atom. The van der Waals surface area contributed by atoms with Gasteiger partial charge in [-0.15, -0.1) is 0 Å². The summed E-state index contributed by atoms with van der Waals surface area (Å²) >= 11 is 0. The first-order valence-electron chi connectivity index (χ1n) is 2.53. The van der Waals surface area contributed by atoms with Crippen molar-refractivity contribution in [3.8, 4) is 0 Å². The van der Waals surface area contributed by atoms with E-state index in [-0.39, 0.29) is 0 Å². The van der Waals surface area contributed by atoms with Gasteiger partial charge >= 0.3 is 0 Å². The van der Waals surface area contributed by atoms with E-state index in [0.717, 1.165) is 6.54 Å². The van der Waals surface area contributed by atoms with Gasteiger partial charge in [0.25, 0.3) is 0 Å². The van der Waals surface area contributed by atoms with Crippen molar-refractivity contribution in [3.63, 3.8) is 0 Å². The van der Waals surface area contributed by atoms with Gasteiger partial charge in [-0.2, -0.15) is 0 Å². The lowest BCUT2D eigenvalue weighted by atomic mass is 10.2. The van der Waals surface area contributed by atoms with Crippen LogP contribution in [0.5, 0.6) is 0 Å². The lowest BCUT2D eigenvalue weighted by Crippen LogP contribution is -2.31. The summed E-state index contributed by atoms with van der Waals surface area (Å²) in [5.41, 5.74) is 7.33. The van der Waals surface area contributed by atoms with Gasteiger partial charge in [0.2, 0.25) is 0 Å². The van der Waals surface area contributed by atoms with E-state index < -0.39 is 0 Å². The third-order valence-electron chi connectivity index (χ3n) is 1.06. The Labute approximate surface area is 43.6 Å². The average Bonchev–Trinajstić information content (AvgIpc) is 1.69. The number of hydrazine groups is 1. The highest BCUT2D eigenvalue weighted by atomic mass is 15.3. The molecule has 1 rings (SSSR count). The molecule has 0 radical (unpaired) electrons. The molecular formula is C5H10N2. The monoisotopic (exact) mass is 98.1 g/mol. The molecule has 2 N–H and O–H groups in total. The third kappa shape index (κ3) is 1.20. The molecule has 2 nitrogen and oxygen atoms in total. The first-order chi connectivity index (χ1) is 3.39. The van der Waals surface area contributed by atoms with Crippen LogP contribution in [0.4, 0.5) is 0 Å². The molecular weight excluding hydrogens is 88.1 g/mol. The molecule has 0 aromatic heterocycles. The fraction of sp³-hybridized carbons (Fsp3) is 0.600. The maximum absolute atomic E-state index is 2.99. The van der Waals surface area contributed by atoms with Gasteiger partial charge < -0.3 is 5.43 Å². The van der Waals surface area contributed by atoms with Gasteiger partial charge in [0.15, 0.2) is 0 Å². The molecule has 0 amide bonds. The quantitative estimate of drug-likeness (QED) is 0.458. The van der Waals surface area contributed by atoms with Crippen LogP contribution in [0.2, 0.25) is 0 Å². The van der Waals surface area contributed by atoms with Gasteiger partial charge in [-0.3, -0.25) is 0 Å². The van der Waals surface area contributed by atoms with E-state index in [9.17, 15) is 0 Å². The smallest absolute Gasteiger partial charge is 0.0185 e. The van der Waals surface area contributed by atoms with Crippen LogP contribution in [0.3, 0.4) is 0 Å². The number of nitrogens with one attached hydrogen (secondary N) is 2. The second-order valence-corrected chi connectivity index (χ2v) is 1.81. The first-order valence-corrected chi connectivity index (χ1v) is 2.53. The van der Waals surface area contributed by atoms with Crippen molar-refractivity contribution in [2.75, 3.05) is 6.54 Å². The van der Waals surface area contributed by atoms with Gasteiger partial charge in [0.05, 0.1) is 0 Å². The van der Waals surface area contributed by atoms with Crippen LogP contribution in [0, 0.1) is 0 Å². The largest absolute Gasteiger partial charge is 0.329 e. The molecule has 40 valence electrons. The summed E-state index contributed by atoms with van der Waals surface area (Å²) < 4.78 is 0. The second-order valence-electron chi connectivity index (χ2n) is 1.81. The van der Waals surface area contributed by atoms with Gasteiger partial charge in [0.1, 0.15) is 0 Å². The summed E-state index contributed by atoms with van der Waals surface area (Å²) in [6, 6.07) is 0. The molecule has 0 saturated heterocycles. The predicted molar refractivity (Wildman–Crippen MR) is 29.5 cm³/mol. The van der Waals surface area contributed by atoms with Gasteiger partial charge in [-0.25, -0.2) is 5.43 Å². The zero-order chi connectivity index (χ0) is 5.11. The molecule has 0 fully saturated rings. The summed E-state index contributed by atoms with van der Waals surface area (Å²) in [6.07, 6.45) is 3.16. The van der Waals surface area contributed by atoms with E-state index in [2.05, 4.69) is 17.8 Å². The van der Waals surface area contributed by atoms with Crippen molar-refractivity contribution in [1.82, 2.24) is 10.9 Å². The topological polar surface area (TPSA) is 24.1 Å². The van der Waals surface area contributed by atoms with E-state index >= 15 is 0 Å². The van der Waals surface area contributed by atoms with Crippen LogP contribution in [-0.4, -0.2) is 6.54 Å². The van der Waals surface area contributed by atoms with Crippen LogP contribution in [-0.2, 0) is 0 Å². The van der Waals surface area contributed by atoms with Gasteiger partial charge in [0, 0.05) is 12.7 Å². The lowest BCUT2D eigenvalue weighted by molar-refractivity contribution is 0.588. The molecule has 0 spiro atoms. The van der Waals surface area contributed by atoms with Crippen LogP contribution in [0.25, 0.3) is 0 Å². The molecule has 0 aromatic carbocycles. The highest BCUT2D eigenvalue weighted by Gasteiger charge is 1.92. The molecule has 0 aliphatic carbocycles. The SMILES string of the molecule is CC1=CNNCC1. The van der Waals surface area contributed by atoms with Gasteiger partial charge in [-0.05, 0) is 13.3 Å². The van der Waals surface area contributed by atoms with E-state index in [4.69, 9.17) is 0 Å². The predicted octanol–water partition coefficient (Wildman–Crippen LogP) is 0.388. The molecule has 1 aliphatic heterocycles. The highest BCUT2D eigenvalue weighted by Crippen LogP contribution is 1.97. The Balaban J connectivity index is 2.40. The zero-order valence-corrected chi connectivity index (χ0v) is 4.49. The summed E-state index contributed by atoms with van der Waals surface area (Å²) in [6.45, 7) is 3.18. The molecule has 1 aliphatic rings. The van der Waals surface area contributed by atoms with Crippen molar-refractivity contribution in [3.05, 3.63) is 11.8 Å². The summed E-state index contributed by atoms with van der Waals surface area (Å²) in [4.78, 5) is 0. The van der Waals surface area contributed by atoms with Crippen molar-refractivity contribution < 1.29 is 0 Å². The molecule has 0 aromatic rings. The Morgan fingerprint density at radius 1 is 1.71 bits per heavy atom. The highest BCUT2D eigenvalue weighted by molar-refractivity contribution is 4.98. The summed E-state index contributed by atoms with van der Waals surface area (Å²) in [7, 11) is 0. The Morgan fingerprint density at radius 2 is 2.57 bits per heavy atom. The standard InChI is InChI=1S/C5H10N2/c1-5-2-3-6-7-4-5/h4,6-7H,2-3H2,1H3. The lowest BCUT2D eigenvalue weighted by Gasteiger charge is -2.10. The van der Waals surface area contributed by atoms with Crippen molar-refractivity contribution >= 4 is 0 Å². The number of hydrogen-bond acceptors (Lipinski definition) is 2. The molecule has 0 bridgehead atoms. The third-order valence-corrected chi connectivity index (χ3v) is 1.06. The summed E-state index contributed by atoms with van der Waals surface area (Å²) in [5.74, 6) is 0. The maximum Gasteiger partial charge on any atom is 0.0185 e. The van der Waals surface area contributed by atoms with E-state index in [1.807, 2.05) is 6.20 Å². The van der Waals surface area contributed by atoms with Crippen LogP contribution in [0.15, 0.2) is 11.8 Å². The Hall–Kier alpha value is -0.500. The van der Waals surface area contributed by atoms with Gasteiger partial charge in [-0.1, -0.05) is 5.57 Å². The van der Waals surface area contributed by atoms with E-state index in [0.29, 0.717) is 0 Å². The normalized spacial score (nSPS) is 20.4. The summed E-state index contributed by atoms with van der Waals surface area (Å²) in [5, 5.41) is 0. The fourth-order valence-electron chi connectivity index (χ4n) is 0.578. The minimum atomic E-state index is 1.06. The second kappa shape index (κ2) is 1.98. The number of rotatable bonds is 0. The molecule has 7 heavy (non-hydrogen) atoms.